The van der Waals surface area contributed by atoms with Crippen molar-refractivity contribution in [3.63, 3.8) is 0 Å². The van der Waals surface area contributed by atoms with Crippen molar-refractivity contribution < 1.29 is 4.79 Å². The van der Waals surface area contributed by atoms with Gasteiger partial charge in [0.15, 0.2) is 0 Å². The summed E-state index contributed by atoms with van der Waals surface area (Å²) in [6.45, 7) is 1.76. The molecule has 12 heavy (non-hydrogen) atoms. The lowest BCUT2D eigenvalue weighted by atomic mass is 10.2. The van der Waals surface area contributed by atoms with Crippen molar-refractivity contribution in [3.05, 3.63) is 27.7 Å². The number of hydrogen-bond donors (Lipinski definition) is 0. The van der Waals surface area contributed by atoms with Crippen molar-refractivity contribution >= 4 is 35.0 Å². The first-order chi connectivity index (χ1) is 5.66. The van der Waals surface area contributed by atoms with Gasteiger partial charge in [-0.15, -0.1) is 0 Å². The van der Waals surface area contributed by atoms with E-state index in [4.69, 9.17) is 23.2 Å². The van der Waals surface area contributed by atoms with Crippen LogP contribution in [-0.2, 0) is 4.79 Å². The van der Waals surface area contributed by atoms with Crippen LogP contribution >= 0.6 is 23.2 Å². The van der Waals surface area contributed by atoms with Gasteiger partial charge in [-0.05, 0) is 24.6 Å². The Morgan fingerprint density at radius 2 is 2.08 bits per heavy atom. The van der Waals surface area contributed by atoms with E-state index in [1.54, 1.807) is 19.1 Å². The molecule has 0 aliphatic heterocycles. The van der Waals surface area contributed by atoms with Crippen LogP contribution in [0.4, 0.5) is 5.69 Å². The molecule has 0 atom stereocenters. The van der Waals surface area contributed by atoms with Gasteiger partial charge in [0.2, 0.25) is 6.08 Å². The second-order valence-electron chi connectivity index (χ2n) is 2.21. The molecule has 1 aromatic carbocycles. The summed E-state index contributed by atoms with van der Waals surface area (Å²) < 4.78 is 0. The molecule has 62 valence electrons. The third kappa shape index (κ3) is 1.67. The molecule has 0 spiro atoms. The number of hydrogen-bond acceptors (Lipinski definition) is 2. The Morgan fingerprint density at radius 3 is 2.67 bits per heavy atom. The smallest absolute Gasteiger partial charge is 0.211 e. The van der Waals surface area contributed by atoms with Crippen LogP contribution in [0.15, 0.2) is 17.1 Å². The van der Waals surface area contributed by atoms with E-state index in [-0.39, 0.29) is 0 Å². The number of halogens is 2. The number of isocyanates is 1. The van der Waals surface area contributed by atoms with Gasteiger partial charge in [-0.25, -0.2) is 4.79 Å². The first-order valence-corrected chi connectivity index (χ1v) is 3.95. The maximum absolute atomic E-state index is 9.94. The fourth-order valence-corrected chi connectivity index (χ4v) is 1.20. The van der Waals surface area contributed by atoms with E-state index in [0.717, 1.165) is 5.56 Å². The minimum atomic E-state index is 0.394. The Bertz CT molecular complexity index is 356. The van der Waals surface area contributed by atoms with Crippen molar-refractivity contribution in [2.75, 3.05) is 0 Å². The van der Waals surface area contributed by atoms with Crippen molar-refractivity contribution in [2.45, 2.75) is 6.92 Å². The third-order valence-corrected chi connectivity index (χ3v) is 2.35. The summed E-state index contributed by atoms with van der Waals surface area (Å²) in [7, 11) is 0. The Hall–Kier alpha value is -0.820. The second-order valence-corrected chi connectivity index (χ2v) is 2.99. The normalized spacial score (nSPS) is 9.25. The zero-order chi connectivity index (χ0) is 9.14. The van der Waals surface area contributed by atoms with Crippen molar-refractivity contribution in [1.29, 1.82) is 0 Å². The Labute approximate surface area is 79.8 Å². The topological polar surface area (TPSA) is 29.4 Å². The molecule has 0 saturated carbocycles. The van der Waals surface area contributed by atoms with Crippen molar-refractivity contribution in [2.24, 2.45) is 4.99 Å². The molecular formula is C8H5Cl2NO. The van der Waals surface area contributed by atoms with Gasteiger partial charge < -0.3 is 0 Å². The van der Waals surface area contributed by atoms with E-state index in [2.05, 4.69) is 4.99 Å². The quantitative estimate of drug-likeness (QED) is 0.507. The summed E-state index contributed by atoms with van der Waals surface area (Å²) in [5, 5.41) is 0.954. The first-order valence-electron chi connectivity index (χ1n) is 3.19. The van der Waals surface area contributed by atoms with Crippen LogP contribution in [0.25, 0.3) is 0 Å². The highest BCUT2D eigenvalue weighted by atomic mass is 35.5. The molecule has 0 N–H and O–H groups in total. The molecule has 1 aromatic rings. The SMILES string of the molecule is Cc1c(Cl)ccc(N=C=O)c1Cl. The standard InChI is InChI=1S/C8H5Cl2NO/c1-5-6(9)2-3-7(8(5)10)11-4-12/h2-3H,1H3. The van der Waals surface area contributed by atoms with Crippen LogP contribution in [0.3, 0.4) is 0 Å². The Morgan fingerprint density at radius 1 is 1.42 bits per heavy atom. The Kier molecular flexibility index (Phi) is 2.88. The van der Waals surface area contributed by atoms with Gasteiger partial charge in [-0.2, -0.15) is 4.99 Å². The zero-order valence-corrected chi connectivity index (χ0v) is 7.78. The largest absolute Gasteiger partial charge is 0.240 e. The number of nitrogens with zero attached hydrogens (tertiary/aromatic N) is 1. The van der Waals surface area contributed by atoms with Crippen LogP contribution in [0.2, 0.25) is 10.0 Å². The first kappa shape index (κ1) is 9.27. The minimum Gasteiger partial charge on any atom is -0.211 e. The van der Waals surface area contributed by atoms with E-state index in [9.17, 15) is 4.79 Å². The predicted molar refractivity (Wildman–Crippen MR) is 49.0 cm³/mol. The molecular weight excluding hydrogens is 197 g/mol. The maximum Gasteiger partial charge on any atom is 0.240 e. The van der Waals surface area contributed by atoms with Gasteiger partial charge in [-0.3, -0.25) is 0 Å². The molecule has 0 aliphatic rings. The minimum absolute atomic E-state index is 0.394. The van der Waals surface area contributed by atoms with Crippen LogP contribution in [0.1, 0.15) is 5.56 Å². The van der Waals surface area contributed by atoms with E-state index >= 15 is 0 Å². The number of carbonyl (C=O) groups excluding carboxylic acids is 1. The summed E-state index contributed by atoms with van der Waals surface area (Å²) in [6.07, 6.45) is 1.42. The van der Waals surface area contributed by atoms with E-state index < -0.39 is 0 Å². The molecule has 0 amide bonds. The molecule has 4 heteroatoms. The second kappa shape index (κ2) is 3.72. The van der Waals surface area contributed by atoms with Gasteiger partial charge >= 0.3 is 0 Å². The molecule has 0 saturated heterocycles. The highest BCUT2D eigenvalue weighted by molar-refractivity contribution is 6.37. The van der Waals surface area contributed by atoms with E-state index in [1.165, 1.54) is 6.08 Å². The van der Waals surface area contributed by atoms with E-state index in [1.807, 2.05) is 0 Å². The molecule has 2 nitrogen and oxygen atoms in total. The van der Waals surface area contributed by atoms with Gasteiger partial charge in [0.25, 0.3) is 0 Å². The summed E-state index contributed by atoms with van der Waals surface area (Å²) in [5.74, 6) is 0. The van der Waals surface area contributed by atoms with E-state index in [0.29, 0.717) is 15.7 Å². The van der Waals surface area contributed by atoms with Crippen LogP contribution in [0.5, 0.6) is 0 Å². The number of rotatable bonds is 1. The molecule has 0 fully saturated rings. The number of benzene rings is 1. The molecule has 0 unspecified atom stereocenters. The van der Waals surface area contributed by atoms with Gasteiger partial charge in [-0.1, -0.05) is 23.2 Å². The average Bonchev–Trinajstić information content (AvgIpc) is 2.07. The maximum atomic E-state index is 9.94. The highest BCUT2D eigenvalue weighted by Crippen LogP contribution is 2.32. The third-order valence-electron chi connectivity index (χ3n) is 1.47. The summed E-state index contributed by atoms with van der Waals surface area (Å²) in [6, 6.07) is 3.21. The van der Waals surface area contributed by atoms with Crippen molar-refractivity contribution in [1.82, 2.24) is 0 Å². The molecule has 0 aromatic heterocycles. The summed E-state index contributed by atoms with van der Waals surface area (Å²) >= 11 is 11.6. The fraction of sp³-hybridized carbons (Fsp3) is 0.125. The predicted octanol–water partition coefficient (Wildman–Crippen LogP) is 3.27. The Balaban J connectivity index is 3.35. The lowest BCUT2D eigenvalue weighted by Gasteiger charge is -2.01. The molecule has 1 rings (SSSR count). The van der Waals surface area contributed by atoms with Gasteiger partial charge in [0.05, 0.1) is 10.7 Å². The highest BCUT2D eigenvalue weighted by Gasteiger charge is 2.04. The van der Waals surface area contributed by atoms with Gasteiger partial charge in [0, 0.05) is 5.02 Å². The van der Waals surface area contributed by atoms with Crippen molar-refractivity contribution in [3.8, 4) is 0 Å². The molecule has 0 bridgehead atoms. The zero-order valence-electron chi connectivity index (χ0n) is 6.27. The number of aliphatic imine (C=N–C) groups is 1. The van der Waals surface area contributed by atoms with Gasteiger partial charge in [0.1, 0.15) is 0 Å². The summed E-state index contributed by atoms with van der Waals surface area (Å²) in [4.78, 5) is 13.4. The van der Waals surface area contributed by atoms with Crippen LogP contribution in [-0.4, -0.2) is 6.08 Å². The molecule has 0 radical (unpaired) electrons. The summed E-state index contributed by atoms with van der Waals surface area (Å²) in [5.41, 5.74) is 1.11. The van der Waals surface area contributed by atoms with Crippen LogP contribution < -0.4 is 0 Å². The lowest BCUT2D eigenvalue weighted by molar-refractivity contribution is 0.565. The average molecular weight is 202 g/mol. The fourth-order valence-electron chi connectivity index (χ4n) is 0.783. The monoisotopic (exact) mass is 201 g/mol. The molecule has 0 heterocycles. The molecule has 0 aliphatic carbocycles. The lowest BCUT2D eigenvalue weighted by Crippen LogP contribution is -1.77. The van der Waals surface area contributed by atoms with Crippen LogP contribution in [0, 0.1) is 6.92 Å².